The minimum atomic E-state index is -3.80. The molecule has 0 spiro atoms. The van der Waals surface area contributed by atoms with Gasteiger partial charge in [0.2, 0.25) is 0 Å². The molecule has 0 amide bonds. The molecule has 0 aliphatic rings. The number of fused-ring (bicyclic) bond motifs is 1. The molecule has 0 unspecified atom stereocenters. The number of ether oxygens (including phenoxy) is 2. The van der Waals surface area contributed by atoms with Gasteiger partial charge in [-0.05, 0) is 45.9 Å². The molecule has 0 saturated carbocycles. The largest absolute Gasteiger partial charge is 0.490 e. The molecule has 0 bridgehead atoms. The summed E-state index contributed by atoms with van der Waals surface area (Å²) < 4.78 is 55.3. The van der Waals surface area contributed by atoms with E-state index in [1.807, 2.05) is 0 Å². The third kappa shape index (κ3) is 5.21. The van der Waals surface area contributed by atoms with Crippen molar-refractivity contribution in [3.05, 3.63) is 58.1 Å². The first kappa shape index (κ1) is 26.0. The van der Waals surface area contributed by atoms with E-state index in [0.29, 0.717) is 39.9 Å². The van der Waals surface area contributed by atoms with Crippen molar-refractivity contribution in [1.82, 2.24) is 9.97 Å². The fourth-order valence-corrected chi connectivity index (χ4v) is 3.65. The highest BCUT2D eigenvalue weighted by atomic mass is 35.5. The van der Waals surface area contributed by atoms with Crippen LogP contribution in [0.25, 0.3) is 10.9 Å². The summed E-state index contributed by atoms with van der Waals surface area (Å²) in [5.74, 6) is -3.70. The van der Waals surface area contributed by atoms with Crippen LogP contribution in [0.1, 0.15) is 43.8 Å². The second-order valence-corrected chi connectivity index (χ2v) is 8.88. The lowest BCUT2D eigenvalue weighted by molar-refractivity contribution is -0.170. The third-order valence-electron chi connectivity index (χ3n) is 5.36. The molecule has 34 heavy (non-hydrogen) atoms. The average Bonchev–Trinajstić information content (AvgIpc) is 2.73. The van der Waals surface area contributed by atoms with Crippen LogP contribution in [0.3, 0.4) is 0 Å². The minimum absolute atomic E-state index is 0.00336. The maximum absolute atomic E-state index is 15.2. The molecule has 1 atom stereocenters. The van der Waals surface area contributed by atoms with E-state index in [0.717, 1.165) is 19.9 Å². The maximum Gasteiger partial charge on any atom is 0.303 e. The summed E-state index contributed by atoms with van der Waals surface area (Å²) in [4.78, 5) is 8.81. The number of halogens is 4. The van der Waals surface area contributed by atoms with Gasteiger partial charge in [0.1, 0.15) is 35.4 Å². The molecular weight excluding hydrogens is 471 g/mol. The Kier molecular flexibility index (Phi) is 7.59. The maximum atomic E-state index is 15.2. The molecule has 1 heterocycles. The highest BCUT2D eigenvalue weighted by Gasteiger charge is 2.49. The molecule has 0 aliphatic carbocycles. The SMILES string of the molecule is COCCOc1cc2c(N[C@H](C)c3cccc(C(F)(F)C(C)(C)O)c3F)nc(C)nc2cc1Cl. The third-order valence-corrected chi connectivity index (χ3v) is 5.66. The molecule has 1 aromatic heterocycles. The van der Waals surface area contributed by atoms with E-state index in [1.54, 1.807) is 33.1 Å². The van der Waals surface area contributed by atoms with Crippen LogP contribution in [-0.2, 0) is 10.7 Å². The van der Waals surface area contributed by atoms with E-state index in [-0.39, 0.29) is 12.2 Å². The van der Waals surface area contributed by atoms with Gasteiger partial charge in [-0.1, -0.05) is 23.7 Å². The van der Waals surface area contributed by atoms with Gasteiger partial charge < -0.3 is 19.9 Å². The summed E-state index contributed by atoms with van der Waals surface area (Å²) in [6.07, 6.45) is 0. The zero-order valence-corrected chi connectivity index (χ0v) is 20.3. The van der Waals surface area contributed by atoms with E-state index >= 15 is 4.39 Å². The van der Waals surface area contributed by atoms with Crippen molar-refractivity contribution in [3.63, 3.8) is 0 Å². The van der Waals surface area contributed by atoms with Gasteiger partial charge in [-0.25, -0.2) is 14.4 Å². The highest BCUT2D eigenvalue weighted by Crippen LogP contribution is 2.41. The number of rotatable bonds is 9. The Balaban J connectivity index is 2.01. The fraction of sp³-hybridized carbons (Fsp3) is 0.417. The number of nitrogens with one attached hydrogen (secondary N) is 1. The number of aromatic nitrogens is 2. The lowest BCUT2D eigenvalue weighted by atomic mass is 9.91. The van der Waals surface area contributed by atoms with Crippen molar-refractivity contribution < 1.29 is 27.8 Å². The number of hydrogen-bond acceptors (Lipinski definition) is 6. The molecule has 0 saturated heterocycles. The summed E-state index contributed by atoms with van der Waals surface area (Å²) in [5, 5.41) is 13.9. The van der Waals surface area contributed by atoms with E-state index in [1.165, 1.54) is 12.1 Å². The first-order chi connectivity index (χ1) is 15.9. The lowest BCUT2D eigenvalue weighted by Crippen LogP contribution is -2.41. The molecule has 2 aromatic carbocycles. The molecular formula is C24H27ClF3N3O3. The highest BCUT2D eigenvalue weighted by molar-refractivity contribution is 6.32. The summed E-state index contributed by atoms with van der Waals surface area (Å²) in [6.45, 7) is 5.84. The van der Waals surface area contributed by atoms with Crippen LogP contribution in [-0.4, -0.2) is 41.0 Å². The summed E-state index contributed by atoms with van der Waals surface area (Å²) in [7, 11) is 1.55. The van der Waals surface area contributed by atoms with Crippen LogP contribution >= 0.6 is 11.6 Å². The molecule has 10 heteroatoms. The smallest absolute Gasteiger partial charge is 0.303 e. The molecule has 6 nitrogen and oxygen atoms in total. The molecule has 0 aliphatic heterocycles. The number of anilines is 1. The number of alkyl halides is 2. The zero-order chi connectivity index (χ0) is 25.3. The number of benzene rings is 2. The van der Waals surface area contributed by atoms with Crippen LogP contribution < -0.4 is 10.1 Å². The molecule has 2 N–H and O–H groups in total. The Hall–Kier alpha value is -2.62. The van der Waals surface area contributed by atoms with Gasteiger partial charge in [0, 0.05) is 18.1 Å². The fourth-order valence-electron chi connectivity index (χ4n) is 3.44. The molecule has 0 radical (unpaired) electrons. The summed E-state index contributed by atoms with van der Waals surface area (Å²) in [6, 6.07) is 6.26. The lowest BCUT2D eigenvalue weighted by Gasteiger charge is -2.30. The number of hydrogen-bond donors (Lipinski definition) is 2. The van der Waals surface area contributed by atoms with Gasteiger partial charge in [0.25, 0.3) is 0 Å². The second-order valence-electron chi connectivity index (χ2n) is 8.47. The van der Waals surface area contributed by atoms with Crippen molar-refractivity contribution in [3.8, 4) is 5.75 Å². The number of methoxy groups -OCH3 is 1. The van der Waals surface area contributed by atoms with Crippen molar-refractivity contribution in [2.24, 2.45) is 0 Å². The van der Waals surface area contributed by atoms with Gasteiger partial charge >= 0.3 is 5.92 Å². The van der Waals surface area contributed by atoms with Gasteiger partial charge in [-0.2, -0.15) is 8.78 Å². The monoisotopic (exact) mass is 497 g/mol. The number of aliphatic hydroxyl groups is 1. The van der Waals surface area contributed by atoms with Gasteiger partial charge in [0.05, 0.1) is 28.8 Å². The van der Waals surface area contributed by atoms with Gasteiger partial charge in [-0.3, -0.25) is 0 Å². The standard InChI is InChI=1S/C24H27ClF3N3O3/c1-13(15-7-6-8-17(21(15)26)24(27,28)23(3,4)32)29-22-16-11-20(34-10-9-33-5)18(25)12-19(16)30-14(2)31-22/h6-8,11-13,32H,9-10H2,1-5H3,(H,29,30,31)/t13-/m1/s1. The first-order valence-corrected chi connectivity index (χ1v) is 11.0. The second kappa shape index (κ2) is 9.93. The van der Waals surface area contributed by atoms with E-state index in [4.69, 9.17) is 21.1 Å². The Labute approximate surface area is 201 Å². The van der Waals surface area contributed by atoms with Crippen LogP contribution in [0.2, 0.25) is 5.02 Å². The zero-order valence-electron chi connectivity index (χ0n) is 19.5. The quantitative estimate of drug-likeness (QED) is 0.364. The van der Waals surface area contributed by atoms with Gasteiger partial charge in [0.15, 0.2) is 0 Å². The Morgan fingerprint density at radius 2 is 1.88 bits per heavy atom. The molecule has 0 fully saturated rings. The van der Waals surface area contributed by atoms with E-state index < -0.39 is 28.9 Å². The number of nitrogens with zero attached hydrogens (tertiary/aromatic N) is 2. The predicted octanol–water partition coefficient (Wildman–Crippen LogP) is 5.79. The summed E-state index contributed by atoms with van der Waals surface area (Å²) in [5.41, 5.74) is -2.79. The summed E-state index contributed by atoms with van der Waals surface area (Å²) >= 11 is 6.32. The average molecular weight is 498 g/mol. The van der Waals surface area contributed by atoms with Crippen molar-refractivity contribution in [2.45, 2.75) is 45.3 Å². The van der Waals surface area contributed by atoms with Crippen LogP contribution in [0, 0.1) is 12.7 Å². The topological polar surface area (TPSA) is 76.5 Å². The molecule has 184 valence electrons. The molecule has 3 rings (SSSR count). The van der Waals surface area contributed by atoms with Crippen LogP contribution in [0.5, 0.6) is 5.75 Å². The van der Waals surface area contributed by atoms with Crippen molar-refractivity contribution in [1.29, 1.82) is 0 Å². The van der Waals surface area contributed by atoms with Crippen molar-refractivity contribution in [2.75, 3.05) is 25.6 Å². The Morgan fingerprint density at radius 3 is 2.53 bits per heavy atom. The van der Waals surface area contributed by atoms with Crippen LogP contribution in [0.4, 0.5) is 19.0 Å². The van der Waals surface area contributed by atoms with Crippen molar-refractivity contribution >= 4 is 28.3 Å². The van der Waals surface area contributed by atoms with E-state index in [2.05, 4.69) is 15.3 Å². The predicted molar refractivity (Wildman–Crippen MR) is 125 cm³/mol. The van der Waals surface area contributed by atoms with Gasteiger partial charge in [-0.15, -0.1) is 0 Å². The Bertz CT molecular complexity index is 1190. The molecule has 3 aromatic rings. The van der Waals surface area contributed by atoms with Crippen LogP contribution in [0.15, 0.2) is 30.3 Å². The minimum Gasteiger partial charge on any atom is -0.490 e. The normalized spacial score (nSPS) is 13.2. The Morgan fingerprint density at radius 1 is 1.18 bits per heavy atom. The van der Waals surface area contributed by atoms with E-state index in [9.17, 15) is 13.9 Å². The number of aryl methyl sites for hydroxylation is 1. The first-order valence-electron chi connectivity index (χ1n) is 10.6.